The Bertz CT molecular complexity index is 812. The second kappa shape index (κ2) is 6.81. The Morgan fingerprint density at radius 3 is 2.64 bits per heavy atom. The highest BCUT2D eigenvalue weighted by Crippen LogP contribution is 2.29. The molecule has 10 heteroatoms. The fourth-order valence-corrected chi connectivity index (χ4v) is 4.73. The van der Waals surface area contributed by atoms with Gasteiger partial charge in [0.2, 0.25) is 10.0 Å². The lowest BCUT2D eigenvalue weighted by Crippen LogP contribution is -2.48. The fraction of sp³-hybridized carbons (Fsp3) is 0.467. The molecule has 0 radical (unpaired) electrons. The molecule has 3 rings (SSSR count). The normalized spacial score (nSPS) is 22.8. The number of carbonyl (C=O) groups excluding carboxylic acids is 1. The Hall–Kier alpha value is -1.84. The maximum absolute atomic E-state index is 12.6. The Morgan fingerprint density at radius 2 is 2.04 bits per heavy atom. The van der Waals surface area contributed by atoms with Gasteiger partial charge in [-0.15, -0.1) is 0 Å². The van der Waals surface area contributed by atoms with Crippen molar-refractivity contribution < 1.29 is 27.9 Å². The van der Waals surface area contributed by atoms with Gasteiger partial charge in [-0.05, 0) is 24.6 Å². The van der Waals surface area contributed by atoms with E-state index in [4.69, 9.17) is 21.4 Å². The van der Waals surface area contributed by atoms with Crippen molar-refractivity contribution in [3.05, 3.63) is 28.8 Å². The predicted octanol–water partition coefficient (Wildman–Crippen LogP) is 0.805. The standard InChI is InChI=1S/C15H17ClN2O6S/c16-12-8-10(18-4-1-7-25(18,22)23)2-3-11(12)14(19)17-5-6-24-13(9-17)15(20)21/h2-3,8,13H,1,4-7,9H2,(H,20,21). The first-order chi connectivity index (χ1) is 11.8. The van der Waals surface area contributed by atoms with Crippen molar-refractivity contribution in [2.45, 2.75) is 12.5 Å². The molecule has 0 aromatic heterocycles. The highest BCUT2D eigenvalue weighted by molar-refractivity contribution is 7.93. The smallest absolute Gasteiger partial charge is 0.334 e. The largest absolute Gasteiger partial charge is 0.479 e. The Morgan fingerprint density at radius 1 is 1.28 bits per heavy atom. The highest BCUT2D eigenvalue weighted by atomic mass is 35.5. The molecule has 25 heavy (non-hydrogen) atoms. The number of hydrogen-bond acceptors (Lipinski definition) is 5. The van der Waals surface area contributed by atoms with E-state index < -0.39 is 28.0 Å². The van der Waals surface area contributed by atoms with Crippen molar-refractivity contribution in [2.75, 3.05) is 36.3 Å². The van der Waals surface area contributed by atoms with Crippen molar-refractivity contribution in [3.8, 4) is 0 Å². The van der Waals surface area contributed by atoms with Crippen LogP contribution in [-0.4, -0.2) is 68.4 Å². The minimum atomic E-state index is -3.33. The molecule has 2 heterocycles. The number of benzene rings is 1. The third kappa shape index (κ3) is 3.58. The van der Waals surface area contributed by atoms with Crippen molar-refractivity contribution in [1.29, 1.82) is 0 Å². The first-order valence-electron chi connectivity index (χ1n) is 7.73. The van der Waals surface area contributed by atoms with E-state index in [1.165, 1.54) is 27.4 Å². The van der Waals surface area contributed by atoms with E-state index in [9.17, 15) is 18.0 Å². The number of anilines is 1. The third-order valence-electron chi connectivity index (χ3n) is 4.20. The molecular formula is C15H17ClN2O6S. The molecule has 2 aliphatic heterocycles. The molecule has 2 saturated heterocycles. The summed E-state index contributed by atoms with van der Waals surface area (Å²) in [5.41, 5.74) is 0.623. The SMILES string of the molecule is O=C(O)C1CN(C(=O)c2ccc(N3CCCS3(=O)=O)cc2Cl)CCO1. The van der Waals surface area contributed by atoms with Crippen LogP contribution in [0.1, 0.15) is 16.8 Å². The first-order valence-corrected chi connectivity index (χ1v) is 9.72. The molecule has 0 saturated carbocycles. The molecule has 8 nitrogen and oxygen atoms in total. The van der Waals surface area contributed by atoms with Crippen LogP contribution in [-0.2, 0) is 19.6 Å². The molecule has 1 amide bonds. The number of carboxylic acids is 1. The van der Waals surface area contributed by atoms with Crippen molar-refractivity contribution in [3.63, 3.8) is 0 Å². The number of nitrogens with zero attached hydrogens (tertiary/aromatic N) is 2. The number of amides is 1. The topological polar surface area (TPSA) is 104 Å². The fourth-order valence-electron chi connectivity index (χ4n) is 2.92. The van der Waals surface area contributed by atoms with Crippen LogP contribution in [0.25, 0.3) is 0 Å². The number of carboxylic acid groups (broad SMARTS) is 1. The predicted molar refractivity (Wildman–Crippen MR) is 90.5 cm³/mol. The average molecular weight is 389 g/mol. The summed E-state index contributed by atoms with van der Waals surface area (Å²) in [7, 11) is -3.33. The van der Waals surface area contributed by atoms with Crippen LogP contribution < -0.4 is 4.31 Å². The van der Waals surface area contributed by atoms with E-state index in [0.29, 0.717) is 18.7 Å². The number of aliphatic carboxylic acids is 1. The molecule has 1 N–H and O–H groups in total. The molecule has 0 aliphatic carbocycles. The summed E-state index contributed by atoms with van der Waals surface area (Å²) in [6.07, 6.45) is -0.518. The second-order valence-corrected chi connectivity index (χ2v) is 8.27. The van der Waals surface area contributed by atoms with Gasteiger partial charge in [-0.2, -0.15) is 0 Å². The number of carbonyl (C=O) groups is 2. The van der Waals surface area contributed by atoms with Gasteiger partial charge in [0.15, 0.2) is 6.10 Å². The molecule has 2 aliphatic rings. The number of halogens is 1. The lowest BCUT2D eigenvalue weighted by atomic mass is 10.1. The van der Waals surface area contributed by atoms with Gasteiger partial charge in [0.1, 0.15) is 0 Å². The lowest BCUT2D eigenvalue weighted by Gasteiger charge is -2.31. The van der Waals surface area contributed by atoms with Crippen molar-refractivity contribution in [2.24, 2.45) is 0 Å². The summed E-state index contributed by atoms with van der Waals surface area (Å²) in [4.78, 5) is 25.0. The van der Waals surface area contributed by atoms with E-state index in [2.05, 4.69) is 0 Å². The molecule has 1 aromatic carbocycles. The van der Waals surface area contributed by atoms with Crippen LogP contribution in [0.15, 0.2) is 18.2 Å². The Kier molecular flexibility index (Phi) is 4.90. The number of hydrogen-bond donors (Lipinski definition) is 1. The van der Waals surface area contributed by atoms with E-state index in [-0.39, 0.29) is 36.0 Å². The highest BCUT2D eigenvalue weighted by Gasteiger charge is 2.32. The number of morpholine rings is 1. The summed E-state index contributed by atoms with van der Waals surface area (Å²) in [5, 5.41) is 9.15. The molecule has 1 atom stereocenters. The van der Waals surface area contributed by atoms with Crippen molar-refractivity contribution in [1.82, 2.24) is 4.90 Å². The average Bonchev–Trinajstić information content (AvgIpc) is 2.93. The molecular weight excluding hydrogens is 372 g/mol. The van der Waals surface area contributed by atoms with Gasteiger partial charge in [-0.3, -0.25) is 9.10 Å². The van der Waals surface area contributed by atoms with Crippen LogP contribution in [0.3, 0.4) is 0 Å². The lowest BCUT2D eigenvalue weighted by molar-refractivity contribution is -0.154. The van der Waals surface area contributed by atoms with E-state index in [0.717, 1.165) is 0 Å². The van der Waals surface area contributed by atoms with Crippen molar-refractivity contribution >= 4 is 39.2 Å². The minimum Gasteiger partial charge on any atom is -0.479 e. The summed E-state index contributed by atoms with van der Waals surface area (Å²) < 4.78 is 30.3. The summed E-state index contributed by atoms with van der Waals surface area (Å²) >= 11 is 6.20. The first kappa shape index (κ1) is 18.0. The zero-order valence-electron chi connectivity index (χ0n) is 13.2. The molecule has 0 bridgehead atoms. The molecule has 1 unspecified atom stereocenters. The maximum Gasteiger partial charge on any atom is 0.334 e. The molecule has 1 aromatic rings. The van der Waals surface area contributed by atoms with Gasteiger partial charge in [-0.1, -0.05) is 11.6 Å². The van der Waals surface area contributed by atoms with Crippen LogP contribution in [0.4, 0.5) is 5.69 Å². The van der Waals surface area contributed by atoms with Gasteiger partial charge < -0.3 is 14.7 Å². The Labute approximate surface area is 150 Å². The van der Waals surface area contributed by atoms with Crippen LogP contribution in [0, 0.1) is 0 Å². The third-order valence-corrected chi connectivity index (χ3v) is 6.38. The van der Waals surface area contributed by atoms with Crippen LogP contribution >= 0.6 is 11.6 Å². The second-order valence-electron chi connectivity index (χ2n) is 5.85. The summed E-state index contributed by atoms with van der Waals surface area (Å²) in [6, 6.07) is 4.46. The van der Waals surface area contributed by atoms with Gasteiger partial charge in [0.05, 0.1) is 35.2 Å². The minimum absolute atomic E-state index is 0.0627. The van der Waals surface area contributed by atoms with Crippen LogP contribution in [0.5, 0.6) is 0 Å². The van der Waals surface area contributed by atoms with E-state index in [1.54, 1.807) is 0 Å². The zero-order valence-corrected chi connectivity index (χ0v) is 14.8. The monoisotopic (exact) mass is 388 g/mol. The van der Waals surface area contributed by atoms with Gasteiger partial charge in [-0.25, -0.2) is 13.2 Å². The quantitative estimate of drug-likeness (QED) is 0.821. The van der Waals surface area contributed by atoms with Crippen LogP contribution in [0.2, 0.25) is 5.02 Å². The number of sulfonamides is 1. The van der Waals surface area contributed by atoms with Gasteiger partial charge >= 0.3 is 5.97 Å². The Balaban J connectivity index is 1.81. The molecule has 0 spiro atoms. The molecule has 2 fully saturated rings. The van der Waals surface area contributed by atoms with E-state index in [1.807, 2.05) is 0 Å². The van der Waals surface area contributed by atoms with Gasteiger partial charge in [0, 0.05) is 13.1 Å². The van der Waals surface area contributed by atoms with Gasteiger partial charge in [0.25, 0.3) is 5.91 Å². The number of ether oxygens (including phenoxy) is 1. The molecule has 136 valence electrons. The summed E-state index contributed by atoms with van der Waals surface area (Å²) in [5.74, 6) is -1.44. The number of rotatable bonds is 3. The maximum atomic E-state index is 12.6. The van der Waals surface area contributed by atoms with E-state index >= 15 is 0 Å². The zero-order chi connectivity index (χ0) is 18.2. The summed E-state index contributed by atoms with van der Waals surface area (Å²) in [6.45, 7) is 0.716.